The topological polar surface area (TPSA) is 41.6 Å². The molecule has 0 spiro atoms. The van der Waals surface area contributed by atoms with Crippen LogP contribution >= 0.6 is 0 Å². The minimum absolute atomic E-state index is 0.0473. The normalized spacial score (nSPS) is 22.2. The quantitative estimate of drug-likeness (QED) is 0.731. The van der Waals surface area contributed by atoms with Gasteiger partial charge in [0.15, 0.2) is 0 Å². The lowest BCUT2D eigenvalue weighted by Gasteiger charge is -2.33. The summed E-state index contributed by atoms with van der Waals surface area (Å²) >= 11 is 0. The van der Waals surface area contributed by atoms with Crippen molar-refractivity contribution in [2.45, 2.75) is 39.7 Å². The van der Waals surface area contributed by atoms with Crippen LogP contribution in [0.4, 0.5) is 0 Å². The predicted molar refractivity (Wildman–Crippen MR) is 73.5 cm³/mol. The molecule has 18 heavy (non-hydrogen) atoms. The van der Waals surface area contributed by atoms with Crippen LogP contribution in [-0.2, 0) is 9.53 Å². The minimum Gasteiger partial charge on any atom is -0.469 e. The van der Waals surface area contributed by atoms with Gasteiger partial charge in [-0.1, -0.05) is 6.92 Å². The predicted octanol–water partition coefficient (Wildman–Crippen LogP) is 1.51. The van der Waals surface area contributed by atoms with Crippen molar-refractivity contribution < 1.29 is 9.53 Å². The first kappa shape index (κ1) is 15.4. The third kappa shape index (κ3) is 4.94. The fourth-order valence-corrected chi connectivity index (χ4v) is 2.54. The molecule has 1 heterocycles. The molecule has 1 rings (SSSR count). The van der Waals surface area contributed by atoms with Gasteiger partial charge in [0.2, 0.25) is 0 Å². The van der Waals surface area contributed by atoms with Crippen molar-refractivity contribution in [3.8, 4) is 0 Å². The summed E-state index contributed by atoms with van der Waals surface area (Å²) in [5.41, 5.74) is 0. The van der Waals surface area contributed by atoms with Crippen molar-refractivity contribution in [2.75, 3.05) is 33.3 Å². The summed E-state index contributed by atoms with van der Waals surface area (Å²) in [5, 5.41) is 3.45. The molecule has 2 atom stereocenters. The molecule has 1 aliphatic rings. The van der Waals surface area contributed by atoms with Crippen LogP contribution in [0.1, 0.15) is 33.6 Å². The van der Waals surface area contributed by atoms with Crippen molar-refractivity contribution in [3.63, 3.8) is 0 Å². The zero-order valence-corrected chi connectivity index (χ0v) is 12.2. The monoisotopic (exact) mass is 256 g/mol. The second-order valence-corrected chi connectivity index (χ2v) is 5.68. The molecule has 1 saturated heterocycles. The van der Waals surface area contributed by atoms with E-state index in [0.29, 0.717) is 12.0 Å². The fraction of sp³-hybridized carbons (Fsp3) is 0.929. The summed E-state index contributed by atoms with van der Waals surface area (Å²) in [5.74, 6) is 0.558. The Bertz CT molecular complexity index is 250. The summed E-state index contributed by atoms with van der Waals surface area (Å²) in [6.45, 7) is 10.5. The zero-order valence-electron chi connectivity index (χ0n) is 12.2. The molecule has 106 valence electrons. The molecule has 0 aromatic carbocycles. The van der Waals surface area contributed by atoms with Crippen LogP contribution in [0.5, 0.6) is 0 Å². The highest BCUT2D eigenvalue weighted by molar-refractivity contribution is 5.72. The molecule has 0 aliphatic carbocycles. The lowest BCUT2D eigenvalue weighted by molar-refractivity contribution is -0.145. The van der Waals surface area contributed by atoms with E-state index in [2.05, 4.69) is 24.1 Å². The Hall–Kier alpha value is -0.610. The highest BCUT2D eigenvalue weighted by Crippen LogP contribution is 2.15. The largest absolute Gasteiger partial charge is 0.469 e. The van der Waals surface area contributed by atoms with Gasteiger partial charge < -0.3 is 10.1 Å². The third-order valence-corrected chi connectivity index (χ3v) is 3.73. The molecule has 1 fully saturated rings. The van der Waals surface area contributed by atoms with Gasteiger partial charge in [0, 0.05) is 19.1 Å². The fourth-order valence-electron chi connectivity index (χ4n) is 2.54. The van der Waals surface area contributed by atoms with Gasteiger partial charge in [0.05, 0.1) is 13.0 Å². The highest BCUT2D eigenvalue weighted by atomic mass is 16.5. The maximum Gasteiger partial charge on any atom is 0.309 e. The molecule has 0 amide bonds. The van der Waals surface area contributed by atoms with E-state index < -0.39 is 0 Å². The number of nitrogens with one attached hydrogen (secondary N) is 1. The Balaban J connectivity index is 2.45. The Kier molecular flexibility index (Phi) is 6.65. The SMILES string of the molecule is COC(=O)C(C)CN(CC1CCCNC1)C(C)C. The second kappa shape index (κ2) is 7.74. The van der Waals surface area contributed by atoms with Gasteiger partial charge in [-0.3, -0.25) is 9.69 Å². The van der Waals surface area contributed by atoms with E-state index in [4.69, 9.17) is 4.74 Å². The number of hydrogen-bond donors (Lipinski definition) is 1. The number of ether oxygens (including phenoxy) is 1. The van der Waals surface area contributed by atoms with Crippen LogP contribution in [-0.4, -0.2) is 50.2 Å². The smallest absolute Gasteiger partial charge is 0.309 e. The van der Waals surface area contributed by atoms with E-state index >= 15 is 0 Å². The second-order valence-electron chi connectivity index (χ2n) is 5.68. The molecule has 0 saturated carbocycles. The first-order valence-electron chi connectivity index (χ1n) is 7.07. The van der Waals surface area contributed by atoms with Crippen molar-refractivity contribution >= 4 is 5.97 Å². The number of hydrogen-bond acceptors (Lipinski definition) is 4. The van der Waals surface area contributed by atoms with Gasteiger partial charge in [-0.05, 0) is 45.7 Å². The standard InChI is InChI=1S/C14H28N2O2/c1-11(2)16(9-12(3)14(17)18-4)10-13-6-5-7-15-8-13/h11-13,15H,5-10H2,1-4H3. The lowest BCUT2D eigenvalue weighted by atomic mass is 9.98. The maximum absolute atomic E-state index is 11.5. The van der Waals surface area contributed by atoms with E-state index in [1.54, 1.807) is 0 Å². The average molecular weight is 256 g/mol. The number of methoxy groups -OCH3 is 1. The molecule has 1 aliphatic heterocycles. The number of rotatable bonds is 6. The first-order valence-corrected chi connectivity index (χ1v) is 7.07. The molecule has 2 unspecified atom stereocenters. The average Bonchev–Trinajstić information content (AvgIpc) is 2.37. The van der Waals surface area contributed by atoms with E-state index in [9.17, 15) is 4.79 Å². The van der Waals surface area contributed by atoms with Gasteiger partial charge in [-0.25, -0.2) is 0 Å². The number of piperidine rings is 1. The van der Waals surface area contributed by atoms with Crippen molar-refractivity contribution in [3.05, 3.63) is 0 Å². The van der Waals surface area contributed by atoms with Crippen molar-refractivity contribution in [1.82, 2.24) is 10.2 Å². The highest BCUT2D eigenvalue weighted by Gasteiger charge is 2.23. The van der Waals surface area contributed by atoms with E-state index in [1.165, 1.54) is 20.0 Å². The number of carbonyl (C=O) groups excluding carboxylic acids is 1. The summed E-state index contributed by atoms with van der Waals surface area (Å²) in [6, 6.07) is 0.471. The lowest BCUT2D eigenvalue weighted by Crippen LogP contribution is -2.43. The van der Waals surface area contributed by atoms with Crippen molar-refractivity contribution in [1.29, 1.82) is 0 Å². The van der Waals surface area contributed by atoms with Crippen molar-refractivity contribution in [2.24, 2.45) is 11.8 Å². The van der Waals surface area contributed by atoms with Gasteiger partial charge in [-0.2, -0.15) is 0 Å². The van der Waals surface area contributed by atoms with Crippen LogP contribution in [0.2, 0.25) is 0 Å². The molecule has 1 N–H and O–H groups in total. The summed E-state index contributed by atoms with van der Waals surface area (Å²) in [6.07, 6.45) is 2.56. The Morgan fingerprint density at radius 3 is 2.67 bits per heavy atom. The number of nitrogens with zero attached hydrogens (tertiary/aromatic N) is 1. The van der Waals surface area contributed by atoms with Gasteiger partial charge in [-0.15, -0.1) is 0 Å². The maximum atomic E-state index is 11.5. The Morgan fingerprint density at radius 1 is 1.44 bits per heavy atom. The molecule has 0 bridgehead atoms. The first-order chi connectivity index (χ1) is 8.54. The third-order valence-electron chi connectivity index (χ3n) is 3.73. The summed E-state index contributed by atoms with van der Waals surface area (Å²) in [4.78, 5) is 13.9. The van der Waals surface area contributed by atoms with E-state index in [-0.39, 0.29) is 11.9 Å². The summed E-state index contributed by atoms with van der Waals surface area (Å²) in [7, 11) is 1.46. The number of carbonyl (C=O) groups is 1. The Morgan fingerprint density at radius 2 is 2.17 bits per heavy atom. The van der Waals surface area contributed by atoms with Crippen LogP contribution in [0.3, 0.4) is 0 Å². The van der Waals surface area contributed by atoms with Crippen LogP contribution < -0.4 is 5.32 Å². The van der Waals surface area contributed by atoms with Crippen LogP contribution in [0, 0.1) is 11.8 Å². The molecular weight excluding hydrogens is 228 g/mol. The zero-order chi connectivity index (χ0) is 13.5. The number of esters is 1. The Labute approximate surface area is 111 Å². The molecule has 0 aromatic rings. The van der Waals surface area contributed by atoms with Gasteiger partial charge in [0.25, 0.3) is 0 Å². The van der Waals surface area contributed by atoms with Crippen LogP contribution in [0.15, 0.2) is 0 Å². The van der Waals surface area contributed by atoms with E-state index in [0.717, 1.165) is 26.2 Å². The van der Waals surface area contributed by atoms with Crippen LogP contribution in [0.25, 0.3) is 0 Å². The minimum atomic E-state index is -0.109. The summed E-state index contributed by atoms with van der Waals surface area (Å²) < 4.78 is 4.80. The molecule has 4 heteroatoms. The molecule has 0 aromatic heterocycles. The van der Waals surface area contributed by atoms with Gasteiger partial charge in [0.1, 0.15) is 0 Å². The molecular formula is C14H28N2O2. The van der Waals surface area contributed by atoms with E-state index in [1.807, 2.05) is 6.92 Å². The molecule has 4 nitrogen and oxygen atoms in total. The molecule has 0 radical (unpaired) electrons. The van der Waals surface area contributed by atoms with Gasteiger partial charge >= 0.3 is 5.97 Å².